The van der Waals surface area contributed by atoms with Gasteiger partial charge in [0.25, 0.3) is 0 Å². The normalized spacial score (nSPS) is 20.7. The van der Waals surface area contributed by atoms with E-state index in [2.05, 4.69) is 35.7 Å². The van der Waals surface area contributed by atoms with Crippen LogP contribution in [0.4, 0.5) is 0 Å². The van der Waals surface area contributed by atoms with E-state index in [1.165, 1.54) is 6.54 Å². The Kier molecular flexibility index (Phi) is 6.33. The van der Waals surface area contributed by atoms with E-state index in [4.69, 9.17) is 18.0 Å². The van der Waals surface area contributed by atoms with Crippen molar-refractivity contribution in [3.8, 4) is 0 Å². The summed E-state index contributed by atoms with van der Waals surface area (Å²) in [5.74, 6) is 0. The van der Waals surface area contributed by atoms with Crippen LogP contribution in [0.2, 0.25) is 0 Å². The van der Waals surface area contributed by atoms with Crippen molar-refractivity contribution in [2.75, 3.05) is 53.4 Å². The Hall–Kier alpha value is -0.230. The Balaban J connectivity index is 2.23. The van der Waals surface area contributed by atoms with Crippen molar-refractivity contribution in [3.63, 3.8) is 0 Å². The summed E-state index contributed by atoms with van der Waals surface area (Å²) in [6.45, 7) is 9.13. The van der Waals surface area contributed by atoms with E-state index in [0.29, 0.717) is 11.0 Å². The van der Waals surface area contributed by atoms with Gasteiger partial charge in [-0.25, -0.2) is 0 Å². The summed E-state index contributed by atoms with van der Waals surface area (Å²) >= 11 is 4.97. The third-order valence-electron chi connectivity index (χ3n) is 3.39. The maximum atomic E-state index is 5.60. The van der Waals surface area contributed by atoms with E-state index in [-0.39, 0.29) is 0 Å². The molecular weight excluding hydrogens is 232 g/mol. The summed E-state index contributed by atoms with van der Waals surface area (Å²) in [6, 6.07) is 0.489. The van der Waals surface area contributed by atoms with Crippen LogP contribution in [0.1, 0.15) is 13.3 Å². The van der Waals surface area contributed by atoms with Gasteiger partial charge in [0.05, 0.1) is 4.99 Å². The zero-order valence-electron chi connectivity index (χ0n) is 11.4. The highest BCUT2D eigenvalue weighted by Gasteiger charge is 2.20. The number of nitrogens with zero attached hydrogens (tertiary/aromatic N) is 3. The maximum Gasteiger partial charge on any atom is 0.0742 e. The van der Waals surface area contributed by atoms with Gasteiger partial charge in [0.2, 0.25) is 0 Å². The molecule has 0 saturated carbocycles. The van der Waals surface area contributed by atoms with Crippen LogP contribution in [0.3, 0.4) is 0 Å². The lowest BCUT2D eigenvalue weighted by Gasteiger charge is -2.38. The molecule has 0 aromatic rings. The van der Waals surface area contributed by atoms with Gasteiger partial charge < -0.3 is 10.6 Å². The van der Waals surface area contributed by atoms with Crippen molar-refractivity contribution in [3.05, 3.63) is 0 Å². The summed E-state index contributed by atoms with van der Waals surface area (Å²) in [5.41, 5.74) is 5.60. The molecule has 1 aliphatic rings. The molecule has 1 aliphatic heterocycles. The highest BCUT2D eigenvalue weighted by Crippen LogP contribution is 2.08. The minimum absolute atomic E-state index is 0.489. The fourth-order valence-electron chi connectivity index (χ4n) is 2.19. The Bertz CT molecular complexity index is 237. The summed E-state index contributed by atoms with van der Waals surface area (Å²) in [7, 11) is 4.25. The van der Waals surface area contributed by atoms with E-state index in [1.54, 1.807) is 0 Å². The molecule has 1 heterocycles. The second-order valence-electron chi connectivity index (χ2n) is 5.20. The van der Waals surface area contributed by atoms with Crippen LogP contribution in [0, 0.1) is 0 Å². The van der Waals surface area contributed by atoms with Crippen molar-refractivity contribution in [2.45, 2.75) is 19.4 Å². The summed E-state index contributed by atoms with van der Waals surface area (Å²) in [4.78, 5) is 7.89. The lowest BCUT2D eigenvalue weighted by atomic mass is 10.1. The number of piperazine rings is 1. The molecule has 2 N–H and O–H groups in total. The molecule has 100 valence electrons. The lowest BCUT2D eigenvalue weighted by Crippen LogP contribution is -2.51. The molecule has 1 saturated heterocycles. The number of rotatable bonds is 6. The molecular formula is C12H26N4S. The lowest BCUT2D eigenvalue weighted by molar-refractivity contribution is 0.0998. The topological polar surface area (TPSA) is 35.7 Å². The van der Waals surface area contributed by atoms with Gasteiger partial charge in [0.1, 0.15) is 0 Å². The van der Waals surface area contributed by atoms with Gasteiger partial charge in [0.15, 0.2) is 0 Å². The SMILES string of the molecule is CC(CC(N)=S)N1CCN(CCN(C)C)CC1. The predicted molar refractivity (Wildman–Crippen MR) is 77.4 cm³/mol. The number of thiocarbonyl (C=S) groups is 1. The zero-order chi connectivity index (χ0) is 12.8. The van der Waals surface area contributed by atoms with Crippen LogP contribution < -0.4 is 5.73 Å². The Morgan fingerprint density at radius 3 is 2.35 bits per heavy atom. The molecule has 0 aromatic carbocycles. The standard InChI is InChI=1S/C12H26N4S/c1-11(10-12(13)17)16-8-6-15(7-9-16)5-4-14(2)3/h11H,4-10H2,1-3H3,(H2,13,17). The minimum Gasteiger partial charge on any atom is -0.393 e. The quantitative estimate of drug-likeness (QED) is 0.690. The first-order valence-corrected chi connectivity index (χ1v) is 6.79. The molecule has 0 aliphatic carbocycles. The van der Waals surface area contributed by atoms with Crippen LogP contribution in [0.25, 0.3) is 0 Å². The predicted octanol–water partition coefficient (Wildman–Crippen LogP) is 0.230. The first-order chi connectivity index (χ1) is 7.99. The molecule has 5 heteroatoms. The zero-order valence-corrected chi connectivity index (χ0v) is 12.2. The number of hydrogen-bond acceptors (Lipinski definition) is 4. The molecule has 0 spiro atoms. The van der Waals surface area contributed by atoms with E-state index < -0.39 is 0 Å². The molecule has 1 rings (SSSR count). The summed E-state index contributed by atoms with van der Waals surface area (Å²) in [6.07, 6.45) is 0.840. The largest absolute Gasteiger partial charge is 0.393 e. The first kappa shape index (κ1) is 14.8. The summed E-state index contributed by atoms with van der Waals surface area (Å²) in [5, 5.41) is 0. The van der Waals surface area contributed by atoms with Gasteiger partial charge in [-0.05, 0) is 21.0 Å². The van der Waals surface area contributed by atoms with Crippen molar-refractivity contribution >= 4 is 17.2 Å². The van der Waals surface area contributed by atoms with Gasteiger partial charge >= 0.3 is 0 Å². The van der Waals surface area contributed by atoms with Crippen molar-refractivity contribution in [1.82, 2.24) is 14.7 Å². The molecule has 4 nitrogen and oxygen atoms in total. The molecule has 1 unspecified atom stereocenters. The average Bonchev–Trinajstić information content (AvgIpc) is 2.26. The van der Waals surface area contributed by atoms with Crippen LogP contribution in [-0.2, 0) is 0 Å². The van der Waals surface area contributed by atoms with E-state index in [1.807, 2.05) is 0 Å². The number of hydrogen-bond donors (Lipinski definition) is 1. The van der Waals surface area contributed by atoms with Crippen molar-refractivity contribution < 1.29 is 0 Å². The molecule has 0 aromatic heterocycles. The average molecular weight is 258 g/mol. The van der Waals surface area contributed by atoms with Crippen molar-refractivity contribution in [2.24, 2.45) is 5.73 Å². The fraction of sp³-hybridized carbons (Fsp3) is 0.917. The molecule has 17 heavy (non-hydrogen) atoms. The second-order valence-corrected chi connectivity index (χ2v) is 5.72. The molecule has 1 fully saturated rings. The van der Waals surface area contributed by atoms with Crippen molar-refractivity contribution in [1.29, 1.82) is 0 Å². The molecule has 0 amide bonds. The van der Waals surface area contributed by atoms with Crippen LogP contribution >= 0.6 is 12.2 Å². The van der Waals surface area contributed by atoms with E-state index >= 15 is 0 Å². The molecule has 0 bridgehead atoms. The minimum atomic E-state index is 0.489. The van der Waals surface area contributed by atoms with Gasteiger partial charge in [-0.15, -0.1) is 0 Å². The van der Waals surface area contributed by atoms with Crippen LogP contribution in [0.5, 0.6) is 0 Å². The Morgan fingerprint density at radius 1 is 1.29 bits per heavy atom. The van der Waals surface area contributed by atoms with Gasteiger partial charge in [-0.1, -0.05) is 12.2 Å². The Morgan fingerprint density at radius 2 is 1.88 bits per heavy atom. The third kappa shape index (κ3) is 5.77. The van der Waals surface area contributed by atoms with Gasteiger partial charge in [0, 0.05) is 51.7 Å². The summed E-state index contributed by atoms with van der Waals surface area (Å²) < 4.78 is 0. The second kappa shape index (κ2) is 7.26. The van der Waals surface area contributed by atoms with Crippen LogP contribution in [0.15, 0.2) is 0 Å². The van der Waals surface area contributed by atoms with Gasteiger partial charge in [-0.2, -0.15) is 0 Å². The number of likely N-dealkylation sites (N-methyl/N-ethyl adjacent to an activating group) is 1. The first-order valence-electron chi connectivity index (χ1n) is 6.38. The monoisotopic (exact) mass is 258 g/mol. The van der Waals surface area contributed by atoms with Crippen LogP contribution in [-0.4, -0.2) is 79.1 Å². The fourth-order valence-corrected chi connectivity index (χ4v) is 2.43. The smallest absolute Gasteiger partial charge is 0.0742 e. The van der Waals surface area contributed by atoms with Gasteiger partial charge in [-0.3, -0.25) is 9.80 Å². The third-order valence-corrected chi connectivity index (χ3v) is 3.56. The molecule has 0 radical (unpaired) electrons. The van der Waals surface area contributed by atoms with E-state index in [9.17, 15) is 0 Å². The molecule has 1 atom stereocenters. The highest BCUT2D eigenvalue weighted by atomic mass is 32.1. The highest BCUT2D eigenvalue weighted by molar-refractivity contribution is 7.80. The maximum absolute atomic E-state index is 5.60. The Labute approximate surface area is 111 Å². The number of nitrogens with two attached hydrogens (primary N) is 1. The van der Waals surface area contributed by atoms with E-state index in [0.717, 1.165) is 39.1 Å².